The first-order chi connectivity index (χ1) is 15.1. The highest BCUT2D eigenvalue weighted by atomic mass is 19.4. The molecule has 0 spiro atoms. The minimum Gasteiger partial charge on any atom is -0.474 e. The zero-order valence-corrected chi connectivity index (χ0v) is 17.5. The maximum absolute atomic E-state index is 13.2. The third-order valence-corrected chi connectivity index (χ3v) is 6.16. The average molecular weight is 462 g/mol. The molecule has 1 aliphatic carbocycles. The van der Waals surface area contributed by atoms with E-state index in [0.29, 0.717) is 31.9 Å². The van der Waals surface area contributed by atoms with Crippen molar-refractivity contribution in [3.63, 3.8) is 0 Å². The fourth-order valence-electron chi connectivity index (χ4n) is 4.53. The van der Waals surface area contributed by atoms with Gasteiger partial charge in [0.05, 0.1) is 5.56 Å². The second kappa shape index (κ2) is 8.47. The number of fused-ring (bicyclic) bond motifs is 2. The van der Waals surface area contributed by atoms with E-state index in [4.69, 9.17) is 4.74 Å². The van der Waals surface area contributed by atoms with Gasteiger partial charge in [-0.15, -0.1) is 0 Å². The molecule has 1 saturated heterocycles. The molecular formula is C21H24F6N4O. The maximum Gasteiger partial charge on any atom is 0.435 e. The molecule has 2 fully saturated rings. The highest BCUT2D eigenvalue weighted by Crippen LogP contribution is 2.41. The highest BCUT2D eigenvalue weighted by molar-refractivity contribution is 5.41. The molecule has 176 valence electrons. The van der Waals surface area contributed by atoms with Crippen LogP contribution >= 0.6 is 0 Å². The van der Waals surface area contributed by atoms with Crippen LogP contribution in [-0.4, -0.2) is 34.0 Å². The zero-order chi connectivity index (χ0) is 23.1. The maximum atomic E-state index is 13.2. The highest BCUT2D eigenvalue weighted by Gasteiger charge is 2.45. The molecule has 2 bridgehead atoms. The van der Waals surface area contributed by atoms with Gasteiger partial charge in [-0.25, -0.2) is 9.67 Å². The Morgan fingerprint density at radius 2 is 1.72 bits per heavy atom. The number of aryl methyl sites for hydroxylation is 1. The van der Waals surface area contributed by atoms with Gasteiger partial charge in [0.25, 0.3) is 0 Å². The fourth-order valence-corrected chi connectivity index (χ4v) is 4.53. The second-order valence-electron chi connectivity index (χ2n) is 8.43. The summed E-state index contributed by atoms with van der Waals surface area (Å²) in [7, 11) is 0. The number of hydrogen-bond acceptors (Lipinski definition) is 4. The topological polar surface area (TPSA) is 43.2 Å². The molecule has 0 aromatic carbocycles. The van der Waals surface area contributed by atoms with Crippen LogP contribution in [0.1, 0.15) is 43.9 Å². The van der Waals surface area contributed by atoms with Crippen molar-refractivity contribution >= 4 is 5.82 Å². The molecule has 2 aliphatic rings. The largest absolute Gasteiger partial charge is 0.474 e. The van der Waals surface area contributed by atoms with E-state index in [2.05, 4.69) is 10.1 Å². The summed E-state index contributed by atoms with van der Waals surface area (Å²) in [4.78, 5) is 5.91. The Labute approximate surface area is 181 Å². The van der Waals surface area contributed by atoms with Crippen molar-refractivity contribution in [3.05, 3.63) is 35.7 Å². The van der Waals surface area contributed by atoms with Crippen molar-refractivity contribution in [1.29, 1.82) is 0 Å². The van der Waals surface area contributed by atoms with Gasteiger partial charge >= 0.3 is 12.4 Å². The van der Waals surface area contributed by atoms with Gasteiger partial charge in [0, 0.05) is 43.7 Å². The number of rotatable bonds is 6. The Morgan fingerprint density at radius 3 is 2.25 bits per heavy atom. The van der Waals surface area contributed by atoms with Crippen molar-refractivity contribution < 1.29 is 31.1 Å². The van der Waals surface area contributed by atoms with E-state index in [1.165, 1.54) is 10.7 Å². The molecule has 0 radical (unpaired) electrons. The van der Waals surface area contributed by atoms with Crippen LogP contribution in [-0.2, 0) is 18.9 Å². The van der Waals surface area contributed by atoms with Crippen molar-refractivity contribution in [2.24, 2.45) is 11.8 Å². The molecule has 1 aliphatic heterocycles. The second-order valence-corrected chi connectivity index (χ2v) is 8.43. The molecule has 2 aromatic heterocycles. The molecule has 11 heteroatoms. The number of piperidine rings is 1. The monoisotopic (exact) mass is 462 g/mol. The van der Waals surface area contributed by atoms with Gasteiger partial charge in [-0.05, 0) is 31.4 Å². The van der Waals surface area contributed by atoms with E-state index in [-0.39, 0.29) is 23.8 Å². The van der Waals surface area contributed by atoms with E-state index in [1.807, 2.05) is 11.8 Å². The van der Waals surface area contributed by atoms with Crippen LogP contribution in [0.3, 0.4) is 0 Å². The summed E-state index contributed by atoms with van der Waals surface area (Å²) in [6, 6.07) is 3.33. The van der Waals surface area contributed by atoms with Gasteiger partial charge in [-0.3, -0.25) is 0 Å². The molecule has 3 heterocycles. The van der Waals surface area contributed by atoms with E-state index in [9.17, 15) is 26.3 Å². The molecule has 0 N–H and O–H groups in total. The van der Waals surface area contributed by atoms with Crippen LogP contribution in [0.15, 0.2) is 24.4 Å². The van der Waals surface area contributed by atoms with Crippen LogP contribution in [0.25, 0.3) is 0 Å². The van der Waals surface area contributed by atoms with Gasteiger partial charge in [0.15, 0.2) is 5.69 Å². The van der Waals surface area contributed by atoms with Gasteiger partial charge in [0.1, 0.15) is 11.9 Å². The summed E-state index contributed by atoms with van der Waals surface area (Å²) < 4.78 is 85.3. The average Bonchev–Trinajstić information content (AvgIpc) is 3.23. The van der Waals surface area contributed by atoms with E-state index in [0.717, 1.165) is 37.6 Å². The predicted octanol–water partition coefficient (Wildman–Crippen LogP) is 5.41. The number of unbranched alkanes of at least 4 members (excludes halogenated alkanes) is 1. The summed E-state index contributed by atoms with van der Waals surface area (Å²) in [5.74, 6) is 0.665. The van der Waals surface area contributed by atoms with Crippen molar-refractivity contribution in [1.82, 2.24) is 14.8 Å². The first-order valence-corrected chi connectivity index (χ1v) is 10.7. The Morgan fingerprint density at radius 1 is 1.03 bits per heavy atom. The van der Waals surface area contributed by atoms with Crippen LogP contribution in [0.5, 0.6) is 5.88 Å². The molecule has 1 unspecified atom stereocenters. The lowest BCUT2D eigenvalue weighted by molar-refractivity contribution is -0.141. The summed E-state index contributed by atoms with van der Waals surface area (Å²) in [6.45, 7) is 3.33. The first-order valence-electron chi connectivity index (χ1n) is 10.7. The van der Waals surface area contributed by atoms with Crippen molar-refractivity contribution in [3.8, 4) is 5.88 Å². The summed E-state index contributed by atoms with van der Waals surface area (Å²) >= 11 is 0. The molecule has 32 heavy (non-hydrogen) atoms. The third-order valence-electron chi connectivity index (χ3n) is 6.16. The Bertz CT molecular complexity index is 910. The Kier molecular flexibility index (Phi) is 6.02. The van der Waals surface area contributed by atoms with Crippen molar-refractivity contribution in [2.75, 3.05) is 18.0 Å². The summed E-state index contributed by atoms with van der Waals surface area (Å²) in [5, 5.41) is 3.70. The molecule has 5 nitrogen and oxygen atoms in total. The number of pyridine rings is 1. The Hall–Kier alpha value is -2.46. The normalized spacial score (nSPS) is 23.6. The van der Waals surface area contributed by atoms with Gasteiger partial charge in [-0.2, -0.15) is 31.4 Å². The third kappa shape index (κ3) is 4.66. The standard InChI is InChI=1S/C21H24F6N4O/c1-2-3-8-31-18(9-16(29-31)21(25,26)27)32-19-13-4-5-14(19)12-30(11-13)17-7-6-15(10-28-17)20(22,23)24/h6-7,9-10,13-14,19H,2-5,8,11-12H2,1H3/t13-,14+,19?. The lowest BCUT2D eigenvalue weighted by atomic mass is 9.94. The summed E-state index contributed by atoms with van der Waals surface area (Å²) in [5.41, 5.74) is -1.77. The molecule has 0 amide bonds. The van der Waals surface area contributed by atoms with E-state index in [1.54, 1.807) is 0 Å². The number of halogens is 6. The predicted molar refractivity (Wildman–Crippen MR) is 104 cm³/mol. The minimum absolute atomic E-state index is 0.0432. The van der Waals surface area contributed by atoms with Gasteiger partial charge < -0.3 is 9.64 Å². The number of alkyl halides is 6. The minimum atomic E-state index is -4.55. The molecule has 1 saturated carbocycles. The SMILES string of the molecule is CCCCn1nc(C(F)(F)F)cc1OC1[C@@H]2CC[C@H]1CN(c1ccc(C(F)(F)F)cn1)C2. The number of nitrogens with zero attached hydrogens (tertiary/aromatic N) is 4. The lowest BCUT2D eigenvalue weighted by Gasteiger charge is -2.38. The lowest BCUT2D eigenvalue weighted by Crippen LogP contribution is -2.47. The van der Waals surface area contributed by atoms with Gasteiger partial charge in [0.2, 0.25) is 5.88 Å². The number of hydrogen-bond donors (Lipinski definition) is 0. The summed E-state index contributed by atoms with van der Waals surface area (Å²) in [6.07, 6.45) is -5.27. The molecule has 3 atom stereocenters. The van der Waals surface area contributed by atoms with Crippen molar-refractivity contribution in [2.45, 2.75) is 57.6 Å². The van der Waals surface area contributed by atoms with Crippen LogP contribution in [0, 0.1) is 11.8 Å². The molecular weight excluding hydrogens is 438 g/mol. The number of ether oxygens (including phenoxy) is 1. The van der Waals surface area contributed by atoms with Gasteiger partial charge in [-0.1, -0.05) is 13.3 Å². The molecule has 4 rings (SSSR count). The molecule has 2 aromatic rings. The fraction of sp³-hybridized carbons (Fsp3) is 0.619. The van der Waals surface area contributed by atoms with Crippen LogP contribution in [0.4, 0.5) is 32.2 Å². The van der Waals surface area contributed by atoms with E-state index < -0.39 is 23.6 Å². The first kappa shape index (κ1) is 22.7. The zero-order valence-electron chi connectivity index (χ0n) is 17.5. The van der Waals surface area contributed by atoms with E-state index >= 15 is 0 Å². The number of anilines is 1. The van der Waals surface area contributed by atoms with Crippen LogP contribution in [0.2, 0.25) is 0 Å². The quantitative estimate of drug-likeness (QED) is 0.539. The number of aromatic nitrogens is 3. The Balaban J connectivity index is 1.48. The smallest absolute Gasteiger partial charge is 0.435 e. The van der Waals surface area contributed by atoms with Crippen LogP contribution < -0.4 is 9.64 Å².